The van der Waals surface area contributed by atoms with Crippen molar-refractivity contribution in [3.8, 4) is 39.1 Å². The standard InChI is InChI=1S/C62H37NO/c1-2-18-42(19-3-1)63-55-29-15-14-20-43(55)52-35-40(30-32-56(52)63)59-44-21-6-10-25-48(44)61(49-26-11-7-22-45(49)59)62-50-27-12-8-23-46(50)60(47-24-9-13-28-51(47)62)41-31-33-57-53(36-41)54-34-38-16-4-5-17-39(38)37-58(54)64-57/h1-37H. The predicted molar refractivity (Wildman–Crippen MR) is 272 cm³/mol. The van der Waals surface area contributed by atoms with Crippen molar-refractivity contribution in [3.63, 3.8) is 0 Å². The molecular weight excluding hydrogens is 775 g/mol. The summed E-state index contributed by atoms with van der Waals surface area (Å²) in [7, 11) is 0. The van der Waals surface area contributed by atoms with Gasteiger partial charge in [0.15, 0.2) is 0 Å². The monoisotopic (exact) mass is 811 g/mol. The van der Waals surface area contributed by atoms with Crippen LogP contribution in [0.4, 0.5) is 0 Å². The fraction of sp³-hybridized carbons (Fsp3) is 0. The first kappa shape index (κ1) is 35.2. The molecule has 2 heteroatoms. The lowest BCUT2D eigenvalue weighted by Gasteiger charge is -2.22. The topological polar surface area (TPSA) is 18.1 Å². The van der Waals surface area contributed by atoms with Gasteiger partial charge in [0, 0.05) is 27.2 Å². The van der Waals surface area contributed by atoms with E-state index in [1.54, 1.807) is 0 Å². The third-order valence-corrected chi connectivity index (χ3v) is 13.7. The molecule has 64 heavy (non-hydrogen) atoms. The van der Waals surface area contributed by atoms with Crippen molar-refractivity contribution in [1.82, 2.24) is 4.57 Å². The van der Waals surface area contributed by atoms with Crippen LogP contribution in [0.5, 0.6) is 0 Å². The minimum absolute atomic E-state index is 0.901. The van der Waals surface area contributed by atoms with E-state index in [0.717, 1.165) is 27.6 Å². The second kappa shape index (κ2) is 13.5. The fourth-order valence-electron chi connectivity index (χ4n) is 11.0. The molecule has 2 heterocycles. The summed E-state index contributed by atoms with van der Waals surface area (Å²) in [5.41, 5.74) is 12.8. The normalized spacial score (nSPS) is 12.1. The molecular formula is C62H37NO. The first-order chi connectivity index (χ1) is 31.8. The Bertz CT molecular complexity index is 4130. The molecule has 14 rings (SSSR count). The first-order valence-electron chi connectivity index (χ1n) is 22.1. The van der Waals surface area contributed by atoms with Gasteiger partial charge in [-0.05, 0) is 142 Å². The van der Waals surface area contributed by atoms with E-state index in [4.69, 9.17) is 4.42 Å². The molecule has 0 aliphatic carbocycles. The molecule has 0 saturated heterocycles. The van der Waals surface area contributed by atoms with Gasteiger partial charge in [-0.15, -0.1) is 0 Å². The Morgan fingerprint density at radius 3 is 1.22 bits per heavy atom. The summed E-state index contributed by atoms with van der Waals surface area (Å²) in [6.45, 7) is 0. The highest BCUT2D eigenvalue weighted by Crippen LogP contribution is 2.51. The number of hydrogen-bond donors (Lipinski definition) is 0. The van der Waals surface area contributed by atoms with Crippen molar-refractivity contribution in [2.24, 2.45) is 0 Å². The number of furan rings is 1. The second-order valence-electron chi connectivity index (χ2n) is 17.1. The van der Waals surface area contributed by atoms with Crippen molar-refractivity contribution in [1.29, 1.82) is 0 Å². The molecule has 0 radical (unpaired) electrons. The zero-order valence-corrected chi connectivity index (χ0v) is 34.7. The molecule has 0 amide bonds. The highest BCUT2D eigenvalue weighted by atomic mass is 16.3. The summed E-state index contributed by atoms with van der Waals surface area (Å²) in [4.78, 5) is 0. The average molecular weight is 812 g/mol. The highest BCUT2D eigenvalue weighted by molar-refractivity contribution is 6.30. The fourth-order valence-corrected chi connectivity index (χ4v) is 11.0. The van der Waals surface area contributed by atoms with Crippen LogP contribution < -0.4 is 0 Å². The average Bonchev–Trinajstić information content (AvgIpc) is 3.88. The molecule has 0 aliphatic heterocycles. The number of benzene rings is 12. The molecule has 0 N–H and O–H groups in total. The maximum Gasteiger partial charge on any atom is 0.136 e. The molecule has 0 fully saturated rings. The molecule has 2 aromatic heterocycles. The Morgan fingerprint density at radius 2 is 0.656 bits per heavy atom. The van der Waals surface area contributed by atoms with Gasteiger partial charge in [-0.25, -0.2) is 0 Å². The van der Waals surface area contributed by atoms with Crippen LogP contribution in [0.2, 0.25) is 0 Å². The molecule has 0 saturated carbocycles. The van der Waals surface area contributed by atoms with Crippen LogP contribution in [0.25, 0.3) is 137 Å². The zero-order chi connectivity index (χ0) is 41.9. The van der Waals surface area contributed by atoms with Crippen molar-refractivity contribution in [3.05, 3.63) is 224 Å². The van der Waals surface area contributed by atoms with Crippen LogP contribution in [-0.2, 0) is 0 Å². The van der Waals surface area contributed by atoms with Crippen LogP contribution in [0.3, 0.4) is 0 Å². The zero-order valence-electron chi connectivity index (χ0n) is 34.7. The summed E-state index contributed by atoms with van der Waals surface area (Å²) in [6.07, 6.45) is 0. The van der Waals surface area contributed by atoms with E-state index in [1.807, 2.05) is 0 Å². The van der Waals surface area contributed by atoms with Crippen molar-refractivity contribution >= 4 is 97.6 Å². The summed E-state index contributed by atoms with van der Waals surface area (Å²) in [5.74, 6) is 0. The van der Waals surface area contributed by atoms with Gasteiger partial charge in [-0.2, -0.15) is 0 Å². The van der Waals surface area contributed by atoms with E-state index in [1.165, 1.54) is 109 Å². The van der Waals surface area contributed by atoms with Crippen molar-refractivity contribution in [2.75, 3.05) is 0 Å². The SMILES string of the molecule is c1ccc(-n2c3ccccc3c3cc(-c4c5ccccc5c(-c5c6ccccc6c(-c6ccc7oc8cc9ccccc9cc8c7c6)c6ccccc56)c5ccccc45)ccc32)cc1. The van der Waals surface area contributed by atoms with Gasteiger partial charge in [0.05, 0.1) is 11.0 Å². The molecule has 0 atom stereocenters. The number of rotatable bonds is 4. The van der Waals surface area contributed by atoms with E-state index in [9.17, 15) is 0 Å². The molecule has 296 valence electrons. The number of hydrogen-bond acceptors (Lipinski definition) is 1. The smallest absolute Gasteiger partial charge is 0.136 e. The van der Waals surface area contributed by atoms with Gasteiger partial charge in [0.25, 0.3) is 0 Å². The number of aromatic nitrogens is 1. The summed E-state index contributed by atoms with van der Waals surface area (Å²) >= 11 is 0. The maximum atomic E-state index is 6.48. The van der Waals surface area contributed by atoms with Crippen LogP contribution in [0, 0.1) is 0 Å². The van der Waals surface area contributed by atoms with Gasteiger partial charge in [0.2, 0.25) is 0 Å². The Hall–Kier alpha value is -8.46. The van der Waals surface area contributed by atoms with Gasteiger partial charge in [-0.3, -0.25) is 0 Å². The van der Waals surface area contributed by atoms with Crippen molar-refractivity contribution in [2.45, 2.75) is 0 Å². The molecule has 0 bridgehead atoms. The third-order valence-electron chi connectivity index (χ3n) is 13.7. The minimum Gasteiger partial charge on any atom is -0.456 e. The van der Waals surface area contributed by atoms with Crippen LogP contribution >= 0.6 is 0 Å². The van der Waals surface area contributed by atoms with Gasteiger partial charge in [0.1, 0.15) is 11.2 Å². The van der Waals surface area contributed by atoms with Gasteiger partial charge < -0.3 is 8.98 Å². The van der Waals surface area contributed by atoms with Crippen molar-refractivity contribution < 1.29 is 4.42 Å². The first-order valence-corrected chi connectivity index (χ1v) is 22.1. The van der Waals surface area contributed by atoms with Crippen LogP contribution in [0.15, 0.2) is 229 Å². The van der Waals surface area contributed by atoms with E-state index >= 15 is 0 Å². The number of para-hydroxylation sites is 2. The lowest BCUT2D eigenvalue weighted by molar-refractivity contribution is 0.669. The lowest BCUT2D eigenvalue weighted by atomic mass is 9.81. The van der Waals surface area contributed by atoms with E-state index in [-0.39, 0.29) is 0 Å². The van der Waals surface area contributed by atoms with Gasteiger partial charge >= 0.3 is 0 Å². The maximum absolute atomic E-state index is 6.48. The van der Waals surface area contributed by atoms with E-state index in [2.05, 4.69) is 229 Å². The number of nitrogens with zero attached hydrogens (tertiary/aromatic N) is 1. The highest BCUT2D eigenvalue weighted by Gasteiger charge is 2.23. The Labute approximate surface area is 368 Å². The minimum atomic E-state index is 0.901. The lowest BCUT2D eigenvalue weighted by Crippen LogP contribution is -1.95. The molecule has 2 nitrogen and oxygen atoms in total. The van der Waals surface area contributed by atoms with Crippen LogP contribution in [-0.4, -0.2) is 4.57 Å². The Balaban J connectivity index is 1.04. The third kappa shape index (κ3) is 5.02. The number of fused-ring (bicyclic) bond motifs is 11. The summed E-state index contributed by atoms with van der Waals surface area (Å²) < 4.78 is 8.88. The Kier molecular flexibility index (Phi) is 7.43. The second-order valence-corrected chi connectivity index (χ2v) is 17.1. The Morgan fingerprint density at radius 1 is 0.250 bits per heavy atom. The largest absolute Gasteiger partial charge is 0.456 e. The van der Waals surface area contributed by atoms with Gasteiger partial charge in [-0.1, -0.05) is 170 Å². The molecule has 0 aliphatic rings. The van der Waals surface area contributed by atoms with Crippen LogP contribution in [0.1, 0.15) is 0 Å². The quantitative estimate of drug-likeness (QED) is 0.162. The molecule has 0 unspecified atom stereocenters. The summed E-state index contributed by atoms with van der Waals surface area (Å²) in [5, 5.41) is 17.0. The predicted octanol–water partition coefficient (Wildman–Crippen LogP) is 17.5. The van der Waals surface area contributed by atoms with E-state index < -0.39 is 0 Å². The molecule has 14 aromatic rings. The van der Waals surface area contributed by atoms with E-state index in [0.29, 0.717) is 0 Å². The summed E-state index contributed by atoms with van der Waals surface area (Å²) in [6, 6.07) is 82.4. The molecule has 12 aromatic carbocycles. The molecule has 0 spiro atoms.